The summed E-state index contributed by atoms with van der Waals surface area (Å²) in [4.78, 5) is 69.4. The van der Waals surface area contributed by atoms with Crippen molar-refractivity contribution in [1.82, 2.24) is 16.0 Å². The van der Waals surface area contributed by atoms with Gasteiger partial charge in [0.15, 0.2) is 0 Å². The van der Waals surface area contributed by atoms with Gasteiger partial charge in [0, 0.05) is 24.2 Å². The minimum absolute atomic E-state index is 0.103. The molecule has 1 aromatic carbocycles. The molecule has 0 aliphatic carbocycles. The highest BCUT2D eigenvalue weighted by atomic mass is 16.6. The maximum atomic E-state index is 12.3. The minimum atomic E-state index is -1.11. The Morgan fingerprint density at radius 3 is 1.76 bits per heavy atom. The molecule has 0 saturated heterocycles. The highest BCUT2D eigenvalue weighted by molar-refractivity contribution is 5.98. The molecule has 0 fully saturated rings. The molecular weight excluding hydrogens is 452 g/mol. The Morgan fingerprint density at radius 1 is 0.882 bits per heavy atom. The number of aliphatic carboxylic acids is 1. The van der Waals surface area contributed by atoms with E-state index in [1.54, 1.807) is 0 Å². The number of carboxylic acids is 1. The number of rotatable bonds is 12. The average Bonchev–Trinajstić information content (AvgIpc) is 2.77. The van der Waals surface area contributed by atoms with Crippen molar-refractivity contribution in [2.75, 3.05) is 5.32 Å². The van der Waals surface area contributed by atoms with Gasteiger partial charge >= 0.3 is 5.97 Å². The monoisotopic (exact) mass is 480 g/mol. The number of nitrogens with one attached hydrogen (secondary N) is 4. The summed E-state index contributed by atoms with van der Waals surface area (Å²) in [5.74, 6) is -3.76. The lowest BCUT2D eigenvalue weighted by molar-refractivity contribution is -0.384. The maximum Gasteiger partial charge on any atom is 0.303 e. The Bertz CT molecular complexity index is 935. The quantitative estimate of drug-likeness (QED) is 0.163. The van der Waals surface area contributed by atoms with E-state index in [0.29, 0.717) is 5.69 Å². The molecule has 0 unspecified atom stereocenters. The fraction of sp³-hybridized carbons (Fsp3) is 0.450. The predicted molar refractivity (Wildman–Crippen MR) is 119 cm³/mol. The number of carbonyl (C=O) groups is 5. The molecule has 0 spiro atoms. The number of hydrogen-bond acceptors (Lipinski definition) is 8. The molecule has 0 aliphatic rings. The Morgan fingerprint density at radius 2 is 1.32 bits per heavy atom. The first-order chi connectivity index (χ1) is 15.8. The normalized spacial score (nSPS) is 14.0. The molecule has 0 heterocycles. The van der Waals surface area contributed by atoms with Crippen LogP contribution >= 0.6 is 0 Å². The van der Waals surface area contributed by atoms with Gasteiger partial charge in [-0.1, -0.05) is 0 Å². The van der Waals surface area contributed by atoms with Crippen LogP contribution in [0, 0.1) is 10.1 Å². The van der Waals surface area contributed by atoms with E-state index in [1.165, 1.54) is 45.0 Å². The van der Waals surface area contributed by atoms with Crippen molar-refractivity contribution in [3.8, 4) is 0 Å². The van der Waals surface area contributed by atoms with Gasteiger partial charge in [0.1, 0.15) is 18.1 Å². The number of amides is 4. The van der Waals surface area contributed by atoms with Gasteiger partial charge in [0.05, 0.1) is 11.0 Å². The summed E-state index contributed by atoms with van der Waals surface area (Å²) in [5, 5.41) is 28.9. The third-order valence-corrected chi connectivity index (χ3v) is 4.61. The molecule has 0 radical (unpaired) electrons. The second-order valence-corrected chi connectivity index (χ2v) is 7.52. The van der Waals surface area contributed by atoms with Crippen molar-refractivity contribution in [3.63, 3.8) is 0 Å². The van der Waals surface area contributed by atoms with Gasteiger partial charge in [0.2, 0.25) is 23.6 Å². The molecule has 34 heavy (non-hydrogen) atoms. The van der Waals surface area contributed by atoms with Crippen LogP contribution in [0.2, 0.25) is 0 Å². The lowest BCUT2D eigenvalue weighted by Gasteiger charge is -2.21. The van der Waals surface area contributed by atoms with Gasteiger partial charge in [-0.05, 0) is 39.3 Å². The van der Waals surface area contributed by atoms with E-state index in [-0.39, 0.29) is 18.5 Å². The highest BCUT2D eigenvalue weighted by Gasteiger charge is 2.25. The van der Waals surface area contributed by atoms with Crippen LogP contribution in [-0.2, 0) is 24.0 Å². The maximum absolute atomic E-state index is 12.3. The van der Waals surface area contributed by atoms with E-state index in [9.17, 15) is 34.1 Å². The van der Waals surface area contributed by atoms with Crippen LogP contribution in [0.5, 0.6) is 0 Å². The molecule has 0 bridgehead atoms. The van der Waals surface area contributed by atoms with Crippen LogP contribution in [0.3, 0.4) is 0 Å². The van der Waals surface area contributed by atoms with E-state index in [1.807, 2.05) is 0 Å². The number of nitro benzene ring substituents is 1. The molecule has 14 heteroatoms. The Balaban J connectivity index is 2.52. The fourth-order valence-corrected chi connectivity index (χ4v) is 2.52. The summed E-state index contributed by atoms with van der Waals surface area (Å²) < 4.78 is 0. The van der Waals surface area contributed by atoms with Crippen LogP contribution < -0.4 is 27.0 Å². The van der Waals surface area contributed by atoms with E-state index in [4.69, 9.17) is 10.8 Å². The molecule has 186 valence electrons. The zero-order valence-corrected chi connectivity index (χ0v) is 18.9. The van der Waals surface area contributed by atoms with Crippen molar-refractivity contribution in [2.45, 2.75) is 57.8 Å². The first-order valence-corrected chi connectivity index (χ1v) is 10.3. The summed E-state index contributed by atoms with van der Waals surface area (Å²) in [7, 11) is 0. The number of anilines is 1. The van der Waals surface area contributed by atoms with Gasteiger partial charge in [-0.15, -0.1) is 0 Å². The molecule has 0 aromatic heterocycles. The number of nitro groups is 1. The molecule has 7 N–H and O–H groups in total. The number of nitrogens with two attached hydrogens (primary N) is 1. The number of nitrogens with zero attached hydrogens (tertiary/aromatic N) is 1. The third kappa shape index (κ3) is 9.20. The molecule has 4 amide bonds. The number of non-ortho nitro benzene ring substituents is 1. The molecule has 4 atom stereocenters. The average molecular weight is 480 g/mol. The summed E-state index contributed by atoms with van der Waals surface area (Å²) in [6.07, 6.45) is -0.406. The minimum Gasteiger partial charge on any atom is -0.481 e. The summed E-state index contributed by atoms with van der Waals surface area (Å²) in [6, 6.07) is 0.912. The Kier molecular flexibility index (Phi) is 10.6. The van der Waals surface area contributed by atoms with Crippen LogP contribution in [0.15, 0.2) is 24.3 Å². The summed E-state index contributed by atoms with van der Waals surface area (Å²) in [5.41, 5.74) is 5.74. The second-order valence-electron chi connectivity index (χ2n) is 7.52. The standard InChI is InChI=1S/C20H28N6O8/c1-10(22-18(30)11(2)24-20(32)15(21)8-9-16(27)28)17(29)23-12(3)19(31)25-13-4-6-14(7-5-13)26(33)34/h4-7,10-12,15H,8-9,21H2,1-3H3,(H,22,30)(H,23,29)(H,24,32)(H,25,31)(H,27,28)/t10-,11-,12-,15-/m0/s1. The summed E-state index contributed by atoms with van der Waals surface area (Å²) >= 11 is 0. The topological polar surface area (TPSA) is 223 Å². The Labute approximate surface area is 194 Å². The predicted octanol–water partition coefficient (Wildman–Crippen LogP) is -0.760. The van der Waals surface area contributed by atoms with E-state index in [0.717, 1.165) is 0 Å². The zero-order chi connectivity index (χ0) is 26.0. The van der Waals surface area contributed by atoms with Gasteiger partial charge in [-0.3, -0.25) is 34.1 Å². The second kappa shape index (κ2) is 12.8. The molecule has 14 nitrogen and oxygen atoms in total. The molecule has 1 rings (SSSR count). The lowest BCUT2D eigenvalue weighted by Crippen LogP contribution is -2.55. The number of carbonyl (C=O) groups excluding carboxylic acids is 4. The molecule has 1 aromatic rings. The van der Waals surface area contributed by atoms with Crippen molar-refractivity contribution >= 4 is 41.0 Å². The SMILES string of the molecule is C[C@H](NC(=O)[C@H](C)NC(=O)[C@H](C)NC(=O)[C@@H](N)CCC(=O)O)C(=O)Nc1ccc([N+](=O)[O-])cc1. The first kappa shape index (κ1) is 28.0. The Hall–Kier alpha value is -4.07. The van der Waals surface area contributed by atoms with Gasteiger partial charge < -0.3 is 32.1 Å². The van der Waals surface area contributed by atoms with Crippen LogP contribution in [0.1, 0.15) is 33.6 Å². The van der Waals surface area contributed by atoms with Crippen molar-refractivity contribution in [2.24, 2.45) is 5.73 Å². The largest absolute Gasteiger partial charge is 0.481 e. The van der Waals surface area contributed by atoms with Gasteiger partial charge in [-0.25, -0.2) is 0 Å². The van der Waals surface area contributed by atoms with E-state index < -0.39 is 58.7 Å². The van der Waals surface area contributed by atoms with Crippen LogP contribution in [0.25, 0.3) is 0 Å². The highest BCUT2D eigenvalue weighted by Crippen LogP contribution is 2.15. The van der Waals surface area contributed by atoms with Crippen LogP contribution in [-0.4, -0.2) is 63.8 Å². The first-order valence-electron chi connectivity index (χ1n) is 10.3. The van der Waals surface area contributed by atoms with Crippen molar-refractivity contribution < 1.29 is 34.0 Å². The summed E-state index contributed by atoms with van der Waals surface area (Å²) in [6.45, 7) is 4.15. The number of carboxylic acid groups (broad SMARTS) is 1. The van der Waals surface area contributed by atoms with Crippen molar-refractivity contribution in [1.29, 1.82) is 0 Å². The molecule has 0 saturated carbocycles. The van der Waals surface area contributed by atoms with E-state index >= 15 is 0 Å². The van der Waals surface area contributed by atoms with Crippen molar-refractivity contribution in [3.05, 3.63) is 34.4 Å². The lowest BCUT2D eigenvalue weighted by atomic mass is 10.1. The zero-order valence-electron chi connectivity index (χ0n) is 18.9. The van der Waals surface area contributed by atoms with Crippen LogP contribution in [0.4, 0.5) is 11.4 Å². The third-order valence-electron chi connectivity index (χ3n) is 4.61. The van der Waals surface area contributed by atoms with E-state index in [2.05, 4.69) is 21.3 Å². The van der Waals surface area contributed by atoms with Gasteiger partial charge in [-0.2, -0.15) is 0 Å². The fourth-order valence-electron chi connectivity index (χ4n) is 2.52. The van der Waals surface area contributed by atoms with Gasteiger partial charge in [0.25, 0.3) is 5.69 Å². The number of hydrogen-bond donors (Lipinski definition) is 6. The number of benzene rings is 1. The molecule has 0 aliphatic heterocycles. The molecular formula is C20H28N6O8. The smallest absolute Gasteiger partial charge is 0.303 e.